The third-order valence-electron chi connectivity index (χ3n) is 5.64. The van der Waals surface area contributed by atoms with Gasteiger partial charge in [0, 0.05) is 50.7 Å². The number of nitrogens with one attached hydrogen (secondary N) is 2. The molecule has 2 N–H and O–H groups in total. The van der Waals surface area contributed by atoms with Gasteiger partial charge in [0.15, 0.2) is 5.96 Å². The largest absolute Gasteiger partial charge is 0.475 e. The van der Waals surface area contributed by atoms with Crippen molar-refractivity contribution >= 4 is 11.8 Å². The van der Waals surface area contributed by atoms with Gasteiger partial charge in [-0.1, -0.05) is 19.9 Å². The molecule has 1 aliphatic heterocycles. The van der Waals surface area contributed by atoms with E-state index < -0.39 is 0 Å². The van der Waals surface area contributed by atoms with Gasteiger partial charge in [0.25, 0.3) is 0 Å². The fourth-order valence-corrected chi connectivity index (χ4v) is 4.07. The maximum absolute atomic E-state index is 5.98. The number of piperidine rings is 1. The lowest BCUT2D eigenvalue weighted by molar-refractivity contribution is 0.185. The van der Waals surface area contributed by atoms with Gasteiger partial charge in [-0.25, -0.2) is 9.97 Å². The van der Waals surface area contributed by atoms with Crippen LogP contribution in [0.1, 0.15) is 51.3 Å². The van der Waals surface area contributed by atoms with E-state index in [1.165, 1.54) is 0 Å². The maximum atomic E-state index is 5.98. The van der Waals surface area contributed by atoms with Gasteiger partial charge in [-0.3, -0.25) is 4.99 Å². The summed E-state index contributed by atoms with van der Waals surface area (Å²) in [5.41, 5.74) is 2.18. The number of hydrogen-bond donors (Lipinski definition) is 2. The molecule has 1 unspecified atom stereocenters. The quantitative estimate of drug-likeness (QED) is 0.480. The van der Waals surface area contributed by atoms with Crippen LogP contribution >= 0.6 is 0 Å². The van der Waals surface area contributed by atoms with E-state index >= 15 is 0 Å². The van der Waals surface area contributed by atoms with Crippen LogP contribution in [0.2, 0.25) is 0 Å². The zero-order valence-electron chi connectivity index (χ0n) is 20.1. The van der Waals surface area contributed by atoms with Crippen LogP contribution < -0.4 is 20.3 Å². The summed E-state index contributed by atoms with van der Waals surface area (Å²) in [6.07, 6.45) is 5.08. The number of nitrogens with zero attached hydrogens (tertiary/aromatic N) is 4. The third-order valence-corrected chi connectivity index (χ3v) is 5.64. The van der Waals surface area contributed by atoms with Gasteiger partial charge in [-0.05, 0) is 62.8 Å². The number of pyridine rings is 2. The Morgan fingerprint density at radius 2 is 2.00 bits per heavy atom. The second kappa shape index (κ2) is 11.7. The molecular formula is C25H38N6O. The number of anilines is 1. The fourth-order valence-electron chi connectivity index (χ4n) is 4.07. The molecule has 1 aliphatic rings. The Morgan fingerprint density at radius 1 is 1.22 bits per heavy atom. The van der Waals surface area contributed by atoms with E-state index in [0.717, 1.165) is 55.4 Å². The van der Waals surface area contributed by atoms with Crippen LogP contribution in [0.5, 0.6) is 5.88 Å². The highest BCUT2D eigenvalue weighted by Crippen LogP contribution is 2.18. The van der Waals surface area contributed by atoms with E-state index in [1.54, 1.807) is 6.20 Å². The SMILES string of the molecule is CN=C(NCc1ccnc(OC(C)CC(C)C)c1)NC1CCN(c2cccc(C)n2)CC1. The van der Waals surface area contributed by atoms with Crippen molar-refractivity contribution in [1.29, 1.82) is 0 Å². The normalized spacial score (nSPS) is 16.2. The highest BCUT2D eigenvalue weighted by Gasteiger charge is 2.21. The summed E-state index contributed by atoms with van der Waals surface area (Å²) in [7, 11) is 1.82. The second-order valence-corrected chi connectivity index (χ2v) is 9.03. The van der Waals surface area contributed by atoms with Crippen molar-refractivity contribution in [3.63, 3.8) is 0 Å². The van der Waals surface area contributed by atoms with E-state index in [2.05, 4.69) is 63.4 Å². The molecule has 0 bridgehead atoms. The average molecular weight is 439 g/mol. The number of aryl methyl sites for hydroxylation is 1. The molecule has 3 heterocycles. The standard InChI is InChI=1S/C25H38N6O/c1-18(2)15-20(4)32-24-16-21(9-12-27-24)17-28-25(26-5)30-22-10-13-31(14-11-22)23-8-6-7-19(3)29-23/h6-9,12,16,18,20,22H,10-11,13-15,17H2,1-5H3,(H2,26,28,30). The van der Waals surface area contributed by atoms with Crippen LogP contribution in [-0.2, 0) is 6.54 Å². The molecule has 7 nitrogen and oxygen atoms in total. The monoisotopic (exact) mass is 438 g/mol. The van der Waals surface area contributed by atoms with Crippen LogP contribution in [0.15, 0.2) is 41.5 Å². The predicted molar refractivity (Wildman–Crippen MR) is 131 cm³/mol. The first-order valence-electron chi connectivity index (χ1n) is 11.7. The van der Waals surface area contributed by atoms with Crippen molar-refractivity contribution in [3.05, 3.63) is 47.8 Å². The molecule has 7 heteroatoms. The summed E-state index contributed by atoms with van der Waals surface area (Å²) in [5, 5.41) is 7.00. The van der Waals surface area contributed by atoms with Gasteiger partial charge in [0.05, 0.1) is 6.10 Å². The molecule has 0 radical (unpaired) electrons. The first-order valence-corrected chi connectivity index (χ1v) is 11.7. The fraction of sp³-hybridized carbons (Fsp3) is 0.560. The summed E-state index contributed by atoms with van der Waals surface area (Å²) < 4.78 is 5.98. The summed E-state index contributed by atoms with van der Waals surface area (Å²) >= 11 is 0. The molecule has 0 amide bonds. The predicted octanol–water partition coefficient (Wildman–Crippen LogP) is 3.93. The number of guanidine groups is 1. The van der Waals surface area contributed by atoms with Crippen LogP contribution in [0.3, 0.4) is 0 Å². The minimum absolute atomic E-state index is 0.154. The Hall–Kier alpha value is -2.83. The number of ether oxygens (including phenoxy) is 1. The molecule has 1 atom stereocenters. The van der Waals surface area contributed by atoms with Crippen molar-refractivity contribution < 1.29 is 4.74 Å². The lowest BCUT2D eigenvalue weighted by Crippen LogP contribution is -2.48. The number of rotatable bonds is 8. The van der Waals surface area contributed by atoms with Gasteiger partial charge in [0.2, 0.25) is 5.88 Å². The molecule has 32 heavy (non-hydrogen) atoms. The Morgan fingerprint density at radius 3 is 2.69 bits per heavy atom. The lowest BCUT2D eigenvalue weighted by Gasteiger charge is -2.34. The van der Waals surface area contributed by atoms with Crippen LogP contribution in [0, 0.1) is 12.8 Å². The number of aliphatic imine (C=N–C) groups is 1. The minimum atomic E-state index is 0.154. The van der Waals surface area contributed by atoms with Gasteiger partial charge >= 0.3 is 0 Å². The highest BCUT2D eigenvalue weighted by atomic mass is 16.5. The molecule has 1 saturated heterocycles. The smallest absolute Gasteiger partial charge is 0.213 e. The van der Waals surface area contributed by atoms with E-state index in [0.29, 0.717) is 24.4 Å². The molecule has 3 rings (SSSR count). The Balaban J connectivity index is 1.46. The zero-order chi connectivity index (χ0) is 22.9. The lowest BCUT2D eigenvalue weighted by atomic mass is 10.1. The van der Waals surface area contributed by atoms with Crippen molar-refractivity contribution in [2.45, 2.75) is 65.6 Å². The molecule has 0 aliphatic carbocycles. The molecular weight excluding hydrogens is 400 g/mol. The summed E-state index contributed by atoms with van der Waals surface area (Å²) in [6, 6.07) is 10.6. The molecule has 0 saturated carbocycles. The van der Waals surface area contributed by atoms with E-state index in [-0.39, 0.29) is 6.10 Å². The zero-order valence-corrected chi connectivity index (χ0v) is 20.1. The van der Waals surface area contributed by atoms with Gasteiger partial charge in [-0.2, -0.15) is 0 Å². The summed E-state index contributed by atoms with van der Waals surface area (Å²) in [6.45, 7) is 11.2. The number of aromatic nitrogens is 2. The highest BCUT2D eigenvalue weighted by molar-refractivity contribution is 5.80. The molecule has 0 spiro atoms. The van der Waals surface area contributed by atoms with Gasteiger partial charge in [-0.15, -0.1) is 0 Å². The Kier molecular flexibility index (Phi) is 8.71. The van der Waals surface area contributed by atoms with Crippen molar-refractivity contribution in [2.24, 2.45) is 10.9 Å². The van der Waals surface area contributed by atoms with Crippen molar-refractivity contribution in [3.8, 4) is 5.88 Å². The van der Waals surface area contributed by atoms with Gasteiger partial charge < -0.3 is 20.3 Å². The first kappa shape index (κ1) is 23.8. The third kappa shape index (κ3) is 7.39. The average Bonchev–Trinajstić information content (AvgIpc) is 2.76. The first-order chi connectivity index (χ1) is 15.4. The summed E-state index contributed by atoms with van der Waals surface area (Å²) in [5.74, 6) is 3.18. The second-order valence-electron chi connectivity index (χ2n) is 9.03. The summed E-state index contributed by atoms with van der Waals surface area (Å²) in [4.78, 5) is 15.8. The van der Waals surface area contributed by atoms with Crippen LogP contribution in [0.25, 0.3) is 0 Å². The molecule has 0 aromatic carbocycles. The molecule has 2 aromatic heterocycles. The minimum Gasteiger partial charge on any atom is -0.475 e. The molecule has 2 aromatic rings. The van der Waals surface area contributed by atoms with Crippen LogP contribution in [-0.4, -0.2) is 48.2 Å². The maximum Gasteiger partial charge on any atom is 0.213 e. The van der Waals surface area contributed by atoms with Crippen molar-refractivity contribution in [2.75, 3.05) is 25.0 Å². The number of hydrogen-bond acceptors (Lipinski definition) is 5. The Bertz CT molecular complexity index is 876. The molecule has 174 valence electrons. The van der Waals surface area contributed by atoms with Crippen LogP contribution in [0.4, 0.5) is 5.82 Å². The van der Waals surface area contributed by atoms with E-state index in [1.807, 2.05) is 32.2 Å². The van der Waals surface area contributed by atoms with E-state index in [9.17, 15) is 0 Å². The topological polar surface area (TPSA) is 74.7 Å². The van der Waals surface area contributed by atoms with Gasteiger partial charge in [0.1, 0.15) is 5.82 Å². The molecule has 1 fully saturated rings. The van der Waals surface area contributed by atoms with Crippen molar-refractivity contribution in [1.82, 2.24) is 20.6 Å². The van der Waals surface area contributed by atoms with E-state index in [4.69, 9.17) is 4.74 Å². The Labute approximate surface area is 192 Å².